The quantitative estimate of drug-likeness (QED) is 0.855. The van der Waals surface area contributed by atoms with E-state index in [1.165, 1.54) is 6.42 Å². The van der Waals surface area contributed by atoms with Gasteiger partial charge >= 0.3 is 0 Å². The zero-order valence-corrected chi connectivity index (χ0v) is 11.6. The van der Waals surface area contributed by atoms with Gasteiger partial charge < -0.3 is 19.9 Å². The first-order valence-corrected chi connectivity index (χ1v) is 6.65. The Morgan fingerprint density at radius 3 is 3.00 bits per heavy atom. The molecule has 1 aliphatic rings. The van der Waals surface area contributed by atoms with Crippen LogP contribution in [0.25, 0.3) is 0 Å². The molecule has 1 aromatic rings. The van der Waals surface area contributed by atoms with Crippen molar-refractivity contribution in [2.75, 3.05) is 38.3 Å². The topological polar surface area (TPSA) is 56.3 Å². The molecule has 0 amide bonds. The van der Waals surface area contributed by atoms with Crippen molar-refractivity contribution in [2.24, 2.45) is 11.7 Å². The fourth-order valence-electron chi connectivity index (χ4n) is 2.59. The molecule has 0 spiro atoms. The van der Waals surface area contributed by atoms with Gasteiger partial charge in [0.25, 0.3) is 0 Å². The fourth-order valence-corrected chi connectivity index (χ4v) is 2.59. The van der Waals surface area contributed by atoms with Crippen molar-refractivity contribution in [3.63, 3.8) is 0 Å². The molecule has 5 nitrogen and oxygen atoms in total. The molecular weight excluding hydrogens is 228 g/mol. The van der Waals surface area contributed by atoms with Crippen molar-refractivity contribution in [2.45, 2.75) is 26.3 Å². The van der Waals surface area contributed by atoms with Gasteiger partial charge in [-0.2, -0.15) is 0 Å². The number of rotatable bonds is 5. The molecule has 18 heavy (non-hydrogen) atoms. The van der Waals surface area contributed by atoms with Crippen LogP contribution >= 0.6 is 0 Å². The van der Waals surface area contributed by atoms with Gasteiger partial charge in [0.2, 0.25) is 5.95 Å². The Hall–Kier alpha value is -1.07. The van der Waals surface area contributed by atoms with Crippen LogP contribution in [0, 0.1) is 12.8 Å². The van der Waals surface area contributed by atoms with E-state index in [1.54, 1.807) is 7.11 Å². The van der Waals surface area contributed by atoms with E-state index in [0.29, 0.717) is 18.6 Å². The van der Waals surface area contributed by atoms with E-state index >= 15 is 0 Å². The number of imidazole rings is 1. The molecule has 5 heteroatoms. The first-order chi connectivity index (χ1) is 8.65. The molecule has 2 unspecified atom stereocenters. The lowest BCUT2D eigenvalue weighted by atomic mass is 10.1. The van der Waals surface area contributed by atoms with Crippen LogP contribution < -0.4 is 10.6 Å². The van der Waals surface area contributed by atoms with Gasteiger partial charge in [-0.25, -0.2) is 4.98 Å². The van der Waals surface area contributed by atoms with Crippen LogP contribution in [0.2, 0.25) is 0 Å². The van der Waals surface area contributed by atoms with Crippen molar-refractivity contribution in [1.29, 1.82) is 0 Å². The number of aromatic nitrogens is 2. The zero-order valence-electron chi connectivity index (χ0n) is 11.6. The normalized spacial score (nSPS) is 21.6. The molecule has 2 heterocycles. The maximum Gasteiger partial charge on any atom is 0.206 e. The van der Waals surface area contributed by atoms with E-state index in [2.05, 4.69) is 27.6 Å². The molecule has 0 bridgehead atoms. The lowest BCUT2D eigenvalue weighted by Crippen LogP contribution is -2.26. The van der Waals surface area contributed by atoms with Crippen LogP contribution in [0.3, 0.4) is 0 Å². The number of hydrogen-bond acceptors (Lipinski definition) is 4. The fraction of sp³-hybridized carbons (Fsp3) is 0.769. The summed E-state index contributed by atoms with van der Waals surface area (Å²) in [6.07, 6.45) is 3.27. The SMILES string of the molecule is COCC(C)n1cc(C)nc1N1CCC(CN)C1. The van der Waals surface area contributed by atoms with E-state index < -0.39 is 0 Å². The number of aryl methyl sites for hydroxylation is 1. The number of nitrogens with zero attached hydrogens (tertiary/aromatic N) is 3. The molecule has 0 aliphatic carbocycles. The average Bonchev–Trinajstić information content (AvgIpc) is 2.95. The van der Waals surface area contributed by atoms with Crippen molar-refractivity contribution in [1.82, 2.24) is 9.55 Å². The Balaban J connectivity index is 2.17. The smallest absolute Gasteiger partial charge is 0.206 e. The minimum absolute atomic E-state index is 0.308. The maximum absolute atomic E-state index is 5.75. The largest absolute Gasteiger partial charge is 0.383 e. The van der Waals surface area contributed by atoms with Gasteiger partial charge in [0, 0.05) is 26.4 Å². The highest BCUT2D eigenvalue weighted by molar-refractivity contribution is 5.35. The van der Waals surface area contributed by atoms with Crippen LogP contribution in [0.1, 0.15) is 25.1 Å². The minimum Gasteiger partial charge on any atom is -0.383 e. The number of nitrogens with two attached hydrogens (primary N) is 1. The molecule has 1 aliphatic heterocycles. The molecule has 102 valence electrons. The summed E-state index contributed by atoms with van der Waals surface area (Å²) < 4.78 is 7.46. The van der Waals surface area contributed by atoms with Crippen molar-refractivity contribution in [3.05, 3.63) is 11.9 Å². The summed E-state index contributed by atoms with van der Waals surface area (Å²) in [6.45, 7) is 7.74. The predicted molar refractivity (Wildman–Crippen MR) is 72.9 cm³/mol. The molecule has 0 saturated carbocycles. The Morgan fingerprint density at radius 2 is 2.39 bits per heavy atom. The summed E-state index contributed by atoms with van der Waals surface area (Å²) in [7, 11) is 1.74. The van der Waals surface area contributed by atoms with Gasteiger partial charge in [-0.1, -0.05) is 0 Å². The Kier molecular flexibility index (Phi) is 4.24. The molecule has 2 rings (SSSR count). The van der Waals surface area contributed by atoms with Crippen LogP contribution in [0.4, 0.5) is 5.95 Å². The van der Waals surface area contributed by atoms with Crippen LogP contribution in [-0.4, -0.2) is 42.9 Å². The van der Waals surface area contributed by atoms with Gasteiger partial charge in [0.05, 0.1) is 18.3 Å². The van der Waals surface area contributed by atoms with E-state index in [1.807, 2.05) is 6.92 Å². The number of hydrogen-bond donors (Lipinski definition) is 1. The summed E-state index contributed by atoms with van der Waals surface area (Å²) in [5.41, 5.74) is 6.81. The summed E-state index contributed by atoms with van der Waals surface area (Å²) >= 11 is 0. The molecule has 0 aromatic carbocycles. The van der Waals surface area contributed by atoms with Crippen molar-refractivity contribution in [3.8, 4) is 0 Å². The number of ether oxygens (including phenoxy) is 1. The lowest BCUT2D eigenvalue weighted by Gasteiger charge is -2.22. The second-order valence-electron chi connectivity index (χ2n) is 5.23. The van der Waals surface area contributed by atoms with Crippen LogP contribution in [0.15, 0.2) is 6.20 Å². The van der Waals surface area contributed by atoms with Gasteiger partial charge in [-0.15, -0.1) is 0 Å². The third-order valence-corrected chi connectivity index (χ3v) is 3.62. The second-order valence-corrected chi connectivity index (χ2v) is 5.23. The number of anilines is 1. The first-order valence-electron chi connectivity index (χ1n) is 6.65. The molecule has 1 fully saturated rings. The molecule has 2 atom stereocenters. The van der Waals surface area contributed by atoms with E-state index in [-0.39, 0.29) is 0 Å². The molecule has 0 radical (unpaired) electrons. The van der Waals surface area contributed by atoms with E-state index in [9.17, 15) is 0 Å². The summed E-state index contributed by atoms with van der Waals surface area (Å²) in [4.78, 5) is 7.00. The monoisotopic (exact) mass is 252 g/mol. The maximum atomic E-state index is 5.75. The van der Waals surface area contributed by atoms with Crippen molar-refractivity contribution >= 4 is 5.95 Å². The van der Waals surface area contributed by atoms with Crippen LogP contribution in [0.5, 0.6) is 0 Å². The van der Waals surface area contributed by atoms with Crippen LogP contribution in [-0.2, 0) is 4.74 Å². The standard InChI is InChI=1S/C13H24N4O/c1-10-7-17(11(2)9-18-3)13(15-10)16-5-4-12(6-14)8-16/h7,11-12H,4-6,8-9,14H2,1-3H3. The molecule has 2 N–H and O–H groups in total. The summed E-state index contributed by atoms with van der Waals surface area (Å²) in [5.74, 6) is 1.67. The van der Waals surface area contributed by atoms with Gasteiger partial charge in [-0.3, -0.25) is 0 Å². The zero-order chi connectivity index (χ0) is 13.1. The van der Waals surface area contributed by atoms with Crippen molar-refractivity contribution < 1.29 is 4.74 Å². The third kappa shape index (κ3) is 2.67. The highest BCUT2D eigenvalue weighted by atomic mass is 16.5. The number of methoxy groups -OCH3 is 1. The van der Waals surface area contributed by atoms with E-state index in [0.717, 1.165) is 31.3 Å². The minimum atomic E-state index is 0.308. The Morgan fingerprint density at radius 1 is 1.61 bits per heavy atom. The highest BCUT2D eigenvalue weighted by Crippen LogP contribution is 2.25. The Bertz CT molecular complexity index is 390. The average molecular weight is 252 g/mol. The Labute approximate surface area is 109 Å². The molecule has 1 saturated heterocycles. The summed E-state index contributed by atoms with van der Waals surface area (Å²) in [5, 5.41) is 0. The second kappa shape index (κ2) is 5.71. The van der Waals surface area contributed by atoms with Gasteiger partial charge in [-0.05, 0) is 32.7 Å². The third-order valence-electron chi connectivity index (χ3n) is 3.62. The molecular formula is C13H24N4O. The lowest BCUT2D eigenvalue weighted by molar-refractivity contribution is 0.162. The summed E-state index contributed by atoms with van der Waals surface area (Å²) in [6, 6.07) is 0.308. The first kappa shape index (κ1) is 13.4. The van der Waals surface area contributed by atoms with Gasteiger partial charge in [0.1, 0.15) is 0 Å². The molecule has 1 aromatic heterocycles. The highest BCUT2D eigenvalue weighted by Gasteiger charge is 2.25. The predicted octanol–water partition coefficient (Wildman–Crippen LogP) is 1.18. The van der Waals surface area contributed by atoms with Gasteiger partial charge in [0.15, 0.2) is 0 Å². The van der Waals surface area contributed by atoms with E-state index in [4.69, 9.17) is 10.5 Å².